The van der Waals surface area contributed by atoms with Crippen LogP contribution in [0.2, 0.25) is 10.0 Å². The smallest absolute Gasteiger partial charge is 0.339 e. The molecule has 0 amide bonds. The van der Waals surface area contributed by atoms with Crippen LogP contribution in [0.4, 0.5) is 5.69 Å². The standard InChI is InChI=1S/C15H9Cl2NO2/c16-9-5-6-13(12(17)7-9)18-8-14-10-3-1-2-4-11(10)15(19)20-14/h1-8,14H. The number of carbonyl (C=O) groups excluding carboxylic acids is 1. The molecule has 5 heteroatoms. The Hall–Kier alpha value is -1.84. The number of nitrogens with zero attached hydrogens (tertiary/aromatic N) is 1. The van der Waals surface area contributed by atoms with Gasteiger partial charge >= 0.3 is 5.97 Å². The number of carbonyl (C=O) groups is 1. The highest BCUT2D eigenvalue weighted by atomic mass is 35.5. The van der Waals surface area contributed by atoms with Crippen LogP contribution in [0.25, 0.3) is 0 Å². The van der Waals surface area contributed by atoms with Crippen LogP contribution in [0.3, 0.4) is 0 Å². The Morgan fingerprint density at radius 1 is 1.15 bits per heavy atom. The molecule has 0 N–H and O–H groups in total. The van der Waals surface area contributed by atoms with Gasteiger partial charge < -0.3 is 4.74 Å². The van der Waals surface area contributed by atoms with Crippen molar-refractivity contribution in [1.29, 1.82) is 0 Å². The van der Waals surface area contributed by atoms with Gasteiger partial charge in [-0.15, -0.1) is 0 Å². The molecule has 0 aromatic heterocycles. The molecule has 0 saturated carbocycles. The third-order valence-corrected chi connectivity index (χ3v) is 3.52. The van der Waals surface area contributed by atoms with Gasteiger partial charge in [0.25, 0.3) is 0 Å². The number of fused-ring (bicyclic) bond motifs is 1. The topological polar surface area (TPSA) is 38.7 Å². The fraction of sp³-hybridized carbons (Fsp3) is 0.0667. The number of halogens is 2. The maximum atomic E-state index is 11.7. The van der Waals surface area contributed by atoms with E-state index in [2.05, 4.69) is 4.99 Å². The van der Waals surface area contributed by atoms with Crippen molar-refractivity contribution in [1.82, 2.24) is 0 Å². The zero-order chi connectivity index (χ0) is 14.1. The van der Waals surface area contributed by atoms with E-state index in [1.54, 1.807) is 36.5 Å². The lowest BCUT2D eigenvalue weighted by Crippen LogP contribution is -1.99. The van der Waals surface area contributed by atoms with Gasteiger partial charge in [-0.2, -0.15) is 0 Å². The molecule has 100 valence electrons. The van der Waals surface area contributed by atoms with Gasteiger partial charge in [-0.3, -0.25) is 4.99 Å². The molecule has 0 fully saturated rings. The van der Waals surface area contributed by atoms with Crippen LogP contribution in [-0.2, 0) is 4.74 Å². The van der Waals surface area contributed by atoms with Crippen LogP contribution in [0, 0.1) is 0 Å². The average Bonchev–Trinajstić information content (AvgIpc) is 2.75. The molecule has 0 spiro atoms. The Morgan fingerprint density at radius 2 is 1.95 bits per heavy atom. The van der Waals surface area contributed by atoms with Crippen LogP contribution >= 0.6 is 23.2 Å². The Bertz CT molecular complexity index is 713. The number of ether oxygens (including phenoxy) is 1. The Balaban J connectivity index is 1.89. The highest BCUT2D eigenvalue weighted by Gasteiger charge is 2.29. The summed E-state index contributed by atoms with van der Waals surface area (Å²) < 4.78 is 5.26. The maximum absolute atomic E-state index is 11.7. The number of rotatable bonds is 2. The van der Waals surface area contributed by atoms with Gasteiger partial charge in [0, 0.05) is 10.6 Å². The third-order valence-electron chi connectivity index (χ3n) is 2.98. The molecule has 0 radical (unpaired) electrons. The lowest BCUT2D eigenvalue weighted by Gasteiger charge is -2.04. The predicted octanol–water partition coefficient (Wildman–Crippen LogP) is 4.61. The largest absolute Gasteiger partial charge is 0.448 e. The van der Waals surface area contributed by atoms with Crippen molar-refractivity contribution in [3.05, 3.63) is 63.6 Å². The first-order chi connectivity index (χ1) is 9.65. The lowest BCUT2D eigenvalue weighted by atomic mass is 10.1. The minimum atomic E-state index is -0.481. The van der Waals surface area contributed by atoms with Gasteiger partial charge in [-0.1, -0.05) is 41.4 Å². The molecular formula is C15H9Cl2NO2. The summed E-state index contributed by atoms with van der Waals surface area (Å²) in [6.07, 6.45) is 1.09. The number of esters is 1. The van der Waals surface area contributed by atoms with Crippen molar-refractivity contribution < 1.29 is 9.53 Å². The van der Waals surface area contributed by atoms with E-state index in [9.17, 15) is 4.79 Å². The van der Waals surface area contributed by atoms with Gasteiger partial charge in [0.2, 0.25) is 0 Å². The fourth-order valence-electron chi connectivity index (χ4n) is 2.02. The molecule has 0 bridgehead atoms. The van der Waals surface area contributed by atoms with Gasteiger partial charge in [-0.25, -0.2) is 4.79 Å². The van der Waals surface area contributed by atoms with Crippen molar-refractivity contribution in [2.45, 2.75) is 6.10 Å². The fourth-order valence-corrected chi connectivity index (χ4v) is 2.48. The van der Waals surface area contributed by atoms with E-state index >= 15 is 0 Å². The van der Waals surface area contributed by atoms with Crippen molar-refractivity contribution in [3.63, 3.8) is 0 Å². The van der Waals surface area contributed by atoms with E-state index in [-0.39, 0.29) is 5.97 Å². The summed E-state index contributed by atoms with van der Waals surface area (Å²) in [4.78, 5) is 15.9. The summed E-state index contributed by atoms with van der Waals surface area (Å²) in [7, 11) is 0. The second-order valence-corrected chi connectivity index (χ2v) is 5.13. The van der Waals surface area contributed by atoms with Crippen molar-refractivity contribution in [2.24, 2.45) is 4.99 Å². The molecule has 3 nitrogen and oxygen atoms in total. The summed E-state index contributed by atoms with van der Waals surface area (Å²) in [5, 5.41) is 0.998. The quantitative estimate of drug-likeness (QED) is 0.600. The molecule has 3 rings (SSSR count). The summed E-state index contributed by atoms with van der Waals surface area (Å²) in [5.74, 6) is -0.334. The van der Waals surface area contributed by atoms with Gasteiger partial charge in [0.15, 0.2) is 6.10 Å². The van der Waals surface area contributed by atoms with Crippen molar-refractivity contribution in [2.75, 3.05) is 0 Å². The van der Waals surface area contributed by atoms with E-state index in [1.165, 1.54) is 0 Å². The van der Waals surface area contributed by atoms with Crippen molar-refractivity contribution in [3.8, 4) is 0 Å². The Labute approximate surface area is 125 Å². The summed E-state index contributed by atoms with van der Waals surface area (Å²) in [6.45, 7) is 0. The van der Waals surface area contributed by atoms with E-state index < -0.39 is 6.10 Å². The predicted molar refractivity (Wildman–Crippen MR) is 79.2 cm³/mol. The summed E-state index contributed by atoms with van der Waals surface area (Å²) >= 11 is 11.9. The minimum Gasteiger partial charge on any atom is -0.448 e. The molecule has 1 aliphatic rings. The third kappa shape index (κ3) is 2.42. The average molecular weight is 306 g/mol. The molecule has 2 aromatic rings. The first kappa shape index (κ1) is 13.2. The number of hydrogen-bond acceptors (Lipinski definition) is 3. The van der Waals surface area contributed by atoms with Crippen molar-refractivity contribution >= 4 is 41.1 Å². The zero-order valence-electron chi connectivity index (χ0n) is 10.2. The number of hydrogen-bond donors (Lipinski definition) is 0. The van der Waals surface area contributed by atoms with E-state index in [1.807, 2.05) is 12.1 Å². The lowest BCUT2D eigenvalue weighted by molar-refractivity contribution is 0.0500. The SMILES string of the molecule is O=C1OC(C=Nc2ccc(Cl)cc2Cl)c2ccccc21. The molecule has 0 saturated heterocycles. The normalized spacial score (nSPS) is 17.3. The van der Waals surface area contributed by atoms with Crippen LogP contribution in [0.1, 0.15) is 22.0 Å². The van der Waals surface area contributed by atoms with E-state index in [0.717, 1.165) is 5.56 Å². The molecule has 1 unspecified atom stereocenters. The molecule has 1 aliphatic heterocycles. The van der Waals surface area contributed by atoms with Crippen LogP contribution in [-0.4, -0.2) is 12.2 Å². The summed E-state index contributed by atoms with van der Waals surface area (Å²) in [5.41, 5.74) is 1.97. The zero-order valence-corrected chi connectivity index (χ0v) is 11.7. The second kappa shape index (κ2) is 5.27. The number of aliphatic imine (C=N–C) groups is 1. The molecule has 2 aromatic carbocycles. The number of cyclic esters (lactones) is 1. The van der Waals surface area contributed by atoms with E-state index in [4.69, 9.17) is 27.9 Å². The first-order valence-corrected chi connectivity index (χ1v) is 6.70. The minimum absolute atomic E-state index is 0.334. The van der Waals surface area contributed by atoms with E-state index in [0.29, 0.717) is 21.3 Å². The van der Waals surface area contributed by atoms with Gasteiger partial charge in [0.1, 0.15) is 0 Å². The number of benzene rings is 2. The molecular weight excluding hydrogens is 297 g/mol. The van der Waals surface area contributed by atoms with Crippen LogP contribution in [0.5, 0.6) is 0 Å². The summed E-state index contributed by atoms with van der Waals surface area (Å²) in [6, 6.07) is 12.3. The molecule has 1 heterocycles. The van der Waals surface area contributed by atoms with Gasteiger partial charge in [0.05, 0.1) is 22.5 Å². The molecule has 1 atom stereocenters. The molecule has 0 aliphatic carbocycles. The van der Waals surface area contributed by atoms with Gasteiger partial charge in [-0.05, 0) is 24.3 Å². The maximum Gasteiger partial charge on any atom is 0.339 e. The molecule has 20 heavy (non-hydrogen) atoms. The highest BCUT2D eigenvalue weighted by Crippen LogP contribution is 2.31. The monoisotopic (exact) mass is 305 g/mol. The van der Waals surface area contributed by atoms with Crippen LogP contribution < -0.4 is 0 Å². The highest BCUT2D eigenvalue weighted by molar-refractivity contribution is 6.36. The van der Waals surface area contributed by atoms with Crippen LogP contribution in [0.15, 0.2) is 47.5 Å². The Morgan fingerprint density at radius 3 is 2.75 bits per heavy atom. The Kier molecular flexibility index (Phi) is 3.47. The second-order valence-electron chi connectivity index (χ2n) is 4.29. The first-order valence-electron chi connectivity index (χ1n) is 5.94.